The number of halogens is 3. The normalized spacial score (nSPS) is 21.7. The minimum Gasteiger partial charge on any atom is -0.459 e. The lowest BCUT2D eigenvalue weighted by Crippen LogP contribution is -2.59. The van der Waals surface area contributed by atoms with Crippen LogP contribution in [0, 0.1) is 5.92 Å². The highest BCUT2D eigenvalue weighted by Gasteiger charge is 2.56. The molecule has 31 heavy (non-hydrogen) atoms. The van der Waals surface area contributed by atoms with Crippen LogP contribution in [0.4, 0.5) is 13.2 Å². The van der Waals surface area contributed by atoms with Crippen LogP contribution in [-0.2, 0) is 29.0 Å². The SMILES string of the molecule is CC(C)(C)OC(=O)C1(S(=O)(=O)N2CCC(COCCCC(F)(F)F)CC2)CCOCC1. The lowest BCUT2D eigenvalue weighted by molar-refractivity contribution is -0.161. The summed E-state index contributed by atoms with van der Waals surface area (Å²) in [6.45, 7) is 6.24. The van der Waals surface area contributed by atoms with Gasteiger partial charge in [0.15, 0.2) is 4.75 Å². The van der Waals surface area contributed by atoms with Crippen molar-refractivity contribution in [2.24, 2.45) is 5.92 Å². The lowest BCUT2D eigenvalue weighted by atomic mass is 9.98. The highest BCUT2D eigenvalue weighted by molar-refractivity contribution is 7.91. The molecule has 2 heterocycles. The van der Waals surface area contributed by atoms with Crippen LogP contribution in [0.1, 0.15) is 59.3 Å². The van der Waals surface area contributed by atoms with Gasteiger partial charge in [-0.25, -0.2) is 12.7 Å². The van der Waals surface area contributed by atoms with E-state index in [0.29, 0.717) is 19.4 Å². The van der Waals surface area contributed by atoms with Gasteiger partial charge in [-0.2, -0.15) is 13.2 Å². The van der Waals surface area contributed by atoms with E-state index in [9.17, 15) is 26.4 Å². The van der Waals surface area contributed by atoms with E-state index < -0.39 is 38.9 Å². The van der Waals surface area contributed by atoms with Crippen LogP contribution >= 0.6 is 0 Å². The second-order valence-electron chi connectivity index (χ2n) is 9.25. The minimum absolute atomic E-state index is 0.0276. The zero-order valence-corrected chi connectivity index (χ0v) is 19.3. The molecular formula is C20H34F3NO6S. The summed E-state index contributed by atoms with van der Waals surface area (Å²) in [6, 6.07) is 0. The number of piperidine rings is 1. The van der Waals surface area contributed by atoms with E-state index in [1.165, 1.54) is 4.31 Å². The predicted octanol–water partition coefficient (Wildman–Crippen LogP) is 3.28. The Hall–Kier alpha value is -0.910. The average molecular weight is 474 g/mol. The van der Waals surface area contributed by atoms with Crippen LogP contribution in [0.2, 0.25) is 0 Å². The van der Waals surface area contributed by atoms with Crippen molar-refractivity contribution in [3.05, 3.63) is 0 Å². The van der Waals surface area contributed by atoms with Crippen LogP contribution in [0.25, 0.3) is 0 Å². The van der Waals surface area contributed by atoms with E-state index in [1.807, 2.05) is 0 Å². The van der Waals surface area contributed by atoms with Crippen LogP contribution in [-0.4, -0.2) is 74.7 Å². The quantitative estimate of drug-likeness (QED) is 0.398. The molecule has 0 N–H and O–H groups in total. The van der Waals surface area contributed by atoms with Crippen molar-refractivity contribution >= 4 is 16.0 Å². The van der Waals surface area contributed by atoms with Crippen molar-refractivity contribution < 1.29 is 40.6 Å². The maximum absolute atomic E-state index is 13.5. The molecule has 0 radical (unpaired) electrons. The summed E-state index contributed by atoms with van der Waals surface area (Å²) in [5.74, 6) is -0.664. The summed E-state index contributed by atoms with van der Waals surface area (Å²) in [5, 5.41) is 0. The number of hydrogen-bond donors (Lipinski definition) is 0. The van der Waals surface area contributed by atoms with E-state index in [-0.39, 0.29) is 58.1 Å². The molecule has 0 unspecified atom stereocenters. The van der Waals surface area contributed by atoms with E-state index in [0.717, 1.165) is 0 Å². The van der Waals surface area contributed by atoms with Gasteiger partial charge in [-0.05, 0) is 46.0 Å². The molecule has 2 aliphatic rings. The number of carbonyl (C=O) groups excluding carboxylic acids is 1. The number of carbonyl (C=O) groups is 1. The number of rotatable bonds is 8. The molecular weight excluding hydrogens is 439 g/mol. The molecule has 0 aromatic rings. The lowest BCUT2D eigenvalue weighted by Gasteiger charge is -2.41. The number of alkyl halides is 3. The molecule has 0 saturated carbocycles. The maximum atomic E-state index is 13.5. The number of hydrogen-bond acceptors (Lipinski definition) is 6. The first kappa shape index (κ1) is 26.3. The Morgan fingerprint density at radius 1 is 1.13 bits per heavy atom. The fraction of sp³-hybridized carbons (Fsp3) is 0.950. The monoisotopic (exact) mass is 473 g/mol. The largest absolute Gasteiger partial charge is 0.459 e. The third-order valence-corrected chi connectivity index (χ3v) is 8.19. The smallest absolute Gasteiger partial charge is 0.389 e. The molecule has 2 rings (SSSR count). The van der Waals surface area contributed by atoms with Gasteiger partial charge in [0.25, 0.3) is 0 Å². The Kier molecular flexibility index (Phi) is 8.80. The summed E-state index contributed by atoms with van der Waals surface area (Å²) in [7, 11) is -3.97. The second-order valence-corrected chi connectivity index (χ2v) is 11.5. The van der Waals surface area contributed by atoms with Crippen molar-refractivity contribution in [1.82, 2.24) is 4.31 Å². The standard InChI is InChI=1S/C20H34F3NO6S/c1-18(2,3)30-17(25)19(8-13-28-14-9-19)31(26,27)24-10-5-16(6-11-24)15-29-12-4-7-20(21,22)23/h16H,4-15H2,1-3H3. The van der Waals surface area contributed by atoms with Gasteiger partial charge < -0.3 is 14.2 Å². The third-order valence-electron chi connectivity index (χ3n) is 5.58. The first-order valence-electron chi connectivity index (χ1n) is 10.7. The first-order chi connectivity index (χ1) is 14.3. The van der Waals surface area contributed by atoms with Gasteiger partial charge in [-0.3, -0.25) is 4.79 Å². The fourth-order valence-corrected chi connectivity index (χ4v) is 5.95. The molecule has 0 bridgehead atoms. The molecule has 0 aliphatic carbocycles. The maximum Gasteiger partial charge on any atom is 0.389 e. The highest BCUT2D eigenvalue weighted by Crippen LogP contribution is 2.37. The van der Waals surface area contributed by atoms with Crippen molar-refractivity contribution in [1.29, 1.82) is 0 Å². The van der Waals surface area contributed by atoms with Gasteiger partial charge in [-0.15, -0.1) is 0 Å². The number of sulfonamides is 1. The van der Waals surface area contributed by atoms with Gasteiger partial charge in [0, 0.05) is 58.8 Å². The molecule has 0 atom stereocenters. The van der Waals surface area contributed by atoms with Crippen molar-refractivity contribution in [2.45, 2.75) is 75.8 Å². The topological polar surface area (TPSA) is 82.1 Å². The van der Waals surface area contributed by atoms with Crippen molar-refractivity contribution in [3.63, 3.8) is 0 Å². The molecule has 182 valence electrons. The van der Waals surface area contributed by atoms with Gasteiger partial charge in [-0.1, -0.05) is 0 Å². The van der Waals surface area contributed by atoms with E-state index in [1.54, 1.807) is 20.8 Å². The van der Waals surface area contributed by atoms with Crippen molar-refractivity contribution in [2.75, 3.05) is 39.5 Å². The van der Waals surface area contributed by atoms with Gasteiger partial charge >= 0.3 is 12.1 Å². The molecule has 0 spiro atoms. The summed E-state index contributed by atoms with van der Waals surface area (Å²) < 4.78 is 79.4. The van der Waals surface area contributed by atoms with Gasteiger partial charge in [0.2, 0.25) is 10.0 Å². The Labute approximate surface area is 182 Å². The molecule has 0 aromatic carbocycles. The number of esters is 1. The molecule has 7 nitrogen and oxygen atoms in total. The van der Waals surface area contributed by atoms with E-state index in [2.05, 4.69) is 0 Å². The Balaban J connectivity index is 1.94. The minimum atomic E-state index is -4.18. The Morgan fingerprint density at radius 3 is 2.23 bits per heavy atom. The van der Waals surface area contributed by atoms with Crippen LogP contribution < -0.4 is 0 Å². The first-order valence-corrected chi connectivity index (χ1v) is 12.2. The van der Waals surface area contributed by atoms with E-state index in [4.69, 9.17) is 14.2 Å². The molecule has 0 amide bonds. The van der Waals surface area contributed by atoms with Gasteiger partial charge in [0.1, 0.15) is 5.60 Å². The summed E-state index contributed by atoms with van der Waals surface area (Å²) in [5.41, 5.74) is -0.811. The molecule has 0 aromatic heterocycles. The van der Waals surface area contributed by atoms with E-state index >= 15 is 0 Å². The number of nitrogens with zero attached hydrogens (tertiary/aromatic N) is 1. The average Bonchev–Trinajstić information content (AvgIpc) is 2.66. The molecule has 2 aliphatic heterocycles. The summed E-state index contributed by atoms with van der Waals surface area (Å²) in [4.78, 5) is 13.0. The van der Waals surface area contributed by atoms with Crippen LogP contribution in [0.3, 0.4) is 0 Å². The zero-order valence-electron chi connectivity index (χ0n) is 18.5. The molecule has 2 fully saturated rings. The van der Waals surface area contributed by atoms with Crippen molar-refractivity contribution in [3.8, 4) is 0 Å². The summed E-state index contributed by atoms with van der Waals surface area (Å²) in [6.07, 6.45) is -3.99. The predicted molar refractivity (Wildman–Crippen MR) is 108 cm³/mol. The third kappa shape index (κ3) is 7.30. The number of ether oxygens (including phenoxy) is 3. The Bertz CT molecular complexity index is 691. The highest BCUT2D eigenvalue weighted by atomic mass is 32.2. The Morgan fingerprint density at radius 2 is 1.71 bits per heavy atom. The van der Waals surface area contributed by atoms with Crippen LogP contribution in [0.5, 0.6) is 0 Å². The van der Waals surface area contributed by atoms with Gasteiger partial charge in [0.05, 0.1) is 0 Å². The second kappa shape index (κ2) is 10.4. The zero-order chi connectivity index (χ0) is 23.3. The fourth-order valence-electron chi connectivity index (χ4n) is 3.83. The molecule has 2 saturated heterocycles. The molecule has 11 heteroatoms. The van der Waals surface area contributed by atoms with Crippen LogP contribution in [0.15, 0.2) is 0 Å². The summed E-state index contributed by atoms with van der Waals surface area (Å²) >= 11 is 0.